The first-order valence-electron chi connectivity index (χ1n) is 13.5. The van der Waals surface area contributed by atoms with E-state index in [-0.39, 0.29) is 17.9 Å². The Bertz CT molecular complexity index is 1680. The highest BCUT2D eigenvalue weighted by atomic mass is 32.2. The van der Waals surface area contributed by atoms with E-state index in [1.54, 1.807) is 18.9 Å². The molecule has 41 heavy (non-hydrogen) atoms. The smallest absolute Gasteiger partial charge is 0.255 e. The summed E-state index contributed by atoms with van der Waals surface area (Å²) in [5.41, 5.74) is 4.25. The van der Waals surface area contributed by atoms with E-state index in [4.69, 9.17) is 9.73 Å². The third-order valence-electron chi connectivity index (χ3n) is 7.35. The molecule has 2 amide bonds. The number of fused-ring (bicyclic) bond motifs is 2. The molecule has 2 aliphatic rings. The van der Waals surface area contributed by atoms with Crippen LogP contribution in [0, 0.1) is 0 Å². The van der Waals surface area contributed by atoms with Gasteiger partial charge in [-0.05, 0) is 78.2 Å². The highest BCUT2D eigenvalue weighted by molar-refractivity contribution is 8.13. The summed E-state index contributed by atoms with van der Waals surface area (Å²) in [5.74, 6) is 1.37. The Morgan fingerprint density at radius 2 is 1.56 bits per heavy atom. The molecule has 6 rings (SSSR count). The van der Waals surface area contributed by atoms with Gasteiger partial charge in [-0.1, -0.05) is 54.2 Å². The van der Waals surface area contributed by atoms with Crippen molar-refractivity contribution in [1.82, 2.24) is 4.90 Å². The third kappa shape index (κ3) is 5.56. The van der Waals surface area contributed by atoms with Crippen molar-refractivity contribution >= 4 is 50.9 Å². The average Bonchev–Trinajstić information content (AvgIpc) is 3.01. The number of hydrogen-bond acceptors (Lipinski definition) is 6. The highest BCUT2D eigenvalue weighted by Crippen LogP contribution is 2.40. The van der Waals surface area contributed by atoms with Gasteiger partial charge in [0.2, 0.25) is 0 Å². The minimum absolute atomic E-state index is 0.168. The maximum Gasteiger partial charge on any atom is 0.255 e. The van der Waals surface area contributed by atoms with Gasteiger partial charge in [0.25, 0.3) is 11.8 Å². The number of rotatable bonds is 6. The lowest BCUT2D eigenvalue weighted by Gasteiger charge is -2.41. The lowest BCUT2D eigenvalue weighted by molar-refractivity contribution is -0.113. The number of allylic oxidation sites excluding steroid dienone is 1. The second-order valence-electron chi connectivity index (χ2n) is 10.0. The number of carbonyl (C=O) groups is 2. The molecule has 1 saturated heterocycles. The molecule has 0 radical (unpaired) electrons. The fraction of sp³-hybridized carbons (Fsp3) is 0.182. The van der Waals surface area contributed by atoms with Gasteiger partial charge in [0, 0.05) is 29.2 Å². The number of ether oxygens (including phenoxy) is 1. The number of hydrogen-bond donors (Lipinski definition) is 2. The standard InChI is InChI=1S/C33H30N4O3S/c1-21-29(32(39)36-27-14-16-28(40-2)17-15-27)30(37-18-5-19-41-33(37)34-21)23-10-12-26(13-11-23)35-31(38)25-9-8-22-6-3-4-7-24(22)20-25/h3-4,6-17,20,30H,5,18-19H2,1-2H3,(H,35,38)(H,36,39). The van der Waals surface area contributed by atoms with Crippen LogP contribution in [-0.2, 0) is 4.79 Å². The zero-order chi connectivity index (χ0) is 28.3. The molecule has 0 aromatic heterocycles. The van der Waals surface area contributed by atoms with Crippen molar-refractivity contribution in [2.45, 2.75) is 19.4 Å². The van der Waals surface area contributed by atoms with E-state index >= 15 is 0 Å². The largest absolute Gasteiger partial charge is 0.497 e. The second kappa shape index (κ2) is 11.5. The van der Waals surface area contributed by atoms with Gasteiger partial charge >= 0.3 is 0 Å². The summed E-state index contributed by atoms with van der Waals surface area (Å²) in [6.07, 6.45) is 1.01. The molecule has 7 nitrogen and oxygen atoms in total. The Morgan fingerprint density at radius 1 is 0.878 bits per heavy atom. The summed E-state index contributed by atoms with van der Waals surface area (Å²) in [6.45, 7) is 2.71. The van der Waals surface area contributed by atoms with Gasteiger partial charge < -0.3 is 20.3 Å². The summed E-state index contributed by atoms with van der Waals surface area (Å²) in [6, 6.07) is 28.4. The van der Waals surface area contributed by atoms with Crippen LogP contribution in [0.4, 0.5) is 11.4 Å². The summed E-state index contributed by atoms with van der Waals surface area (Å²) in [5, 5.41) is 9.11. The van der Waals surface area contributed by atoms with Crippen LogP contribution in [0.2, 0.25) is 0 Å². The average molecular weight is 563 g/mol. The number of nitrogens with one attached hydrogen (secondary N) is 2. The van der Waals surface area contributed by atoms with E-state index in [2.05, 4.69) is 15.5 Å². The van der Waals surface area contributed by atoms with Crippen LogP contribution in [0.3, 0.4) is 0 Å². The maximum atomic E-state index is 13.7. The Morgan fingerprint density at radius 3 is 2.29 bits per heavy atom. The van der Waals surface area contributed by atoms with E-state index in [1.165, 1.54) is 0 Å². The monoisotopic (exact) mass is 562 g/mol. The Hall–Kier alpha value is -4.56. The van der Waals surface area contributed by atoms with Crippen molar-refractivity contribution < 1.29 is 14.3 Å². The van der Waals surface area contributed by atoms with Crippen LogP contribution in [0.25, 0.3) is 10.8 Å². The summed E-state index contributed by atoms with van der Waals surface area (Å²) in [7, 11) is 1.61. The first kappa shape index (κ1) is 26.7. The molecule has 0 saturated carbocycles. The number of carbonyl (C=O) groups excluding carboxylic acids is 2. The van der Waals surface area contributed by atoms with Gasteiger partial charge in [0.1, 0.15) is 5.75 Å². The lowest BCUT2D eigenvalue weighted by atomic mass is 9.93. The molecule has 0 aliphatic carbocycles. The number of aliphatic imine (C=N–C) groups is 1. The summed E-state index contributed by atoms with van der Waals surface area (Å²) < 4.78 is 5.24. The van der Waals surface area contributed by atoms with E-state index < -0.39 is 0 Å². The van der Waals surface area contributed by atoms with Crippen LogP contribution in [0.1, 0.15) is 35.3 Å². The Balaban J connectivity index is 1.26. The quantitative estimate of drug-likeness (QED) is 0.268. The molecular weight excluding hydrogens is 532 g/mol. The van der Waals surface area contributed by atoms with Crippen molar-refractivity contribution in [3.63, 3.8) is 0 Å². The molecule has 2 heterocycles. The molecule has 8 heteroatoms. The number of thioether (sulfide) groups is 1. The molecule has 2 aliphatic heterocycles. The third-order valence-corrected chi connectivity index (χ3v) is 8.42. The Kier molecular flexibility index (Phi) is 7.48. The van der Waals surface area contributed by atoms with Crippen LogP contribution >= 0.6 is 11.8 Å². The predicted molar refractivity (Wildman–Crippen MR) is 167 cm³/mol. The molecule has 1 fully saturated rings. The molecule has 0 spiro atoms. The van der Waals surface area contributed by atoms with Crippen molar-refractivity contribution in [3.8, 4) is 5.75 Å². The molecule has 1 atom stereocenters. The number of amides is 2. The van der Waals surface area contributed by atoms with Crippen LogP contribution in [0.5, 0.6) is 5.75 Å². The summed E-state index contributed by atoms with van der Waals surface area (Å²) >= 11 is 1.72. The number of nitrogens with zero attached hydrogens (tertiary/aromatic N) is 2. The van der Waals surface area contributed by atoms with Crippen molar-refractivity contribution in [2.24, 2.45) is 4.99 Å². The molecule has 0 bridgehead atoms. The molecule has 2 N–H and O–H groups in total. The number of amidine groups is 1. The van der Waals surface area contributed by atoms with Crippen molar-refractivity contribution in [1.29, 1.82) is 0 Å². The van der Waals surface area contributed by atoms with E-state index in [9.17, 15) is 9.59 Å². The lowest BCUT2D eigenvalue weighted by Crippen LogP contribution is -2.43. The second-order valence-corrected chi connectivity index (χ2v) is 11.1. The van der Waals surface area contributed by atoms with Crippen molar-refractivity contribution in [2.75, 3.05) is 30.0 Å². The first-order valence-corrected chi connectivity index (χ1v) is 14.5. The van der Waals surface area contributed by atoms with Gasteiger partial charge in [-0.3, -0.25) is 9.59 Å². The van der Waals surface area contributed by atoms with Crippen LogP contribution < -0.4 is 15.4 Å². The van der Waals surface area contributed by atoms with E-state index in [0.29, 0.717) is 28.2 Å². The number of anilines is 2. The van der Waals surface area contributed by atoms with Crippen LogP contribution in [-0.4, -0.2) is 41.3 Å². The fourth-order valence-corrected chi connectivity index (χ4v) is 6.28. The fourth-order valence-electron chi connectivity index (χ4n) is 5.26. The Labute approximate surface area is 243 Å². The summed E-state index contributed by atoms with van der Waals surface area (Å²) in [4.78, 5) is 33.7. The number of benzene rings is 4. The zero-order valence-corrected chi connectivity index (χ0v) is 23.7. The maximum absolute atomic E-state index is 13.7. The predicted octanol–water partition coefficient (Wildman–Crippen LogP) is 6.86. The normalized spacial score (nSPS) is 16.6. The van der Waals surface area contributed by atoms with Gasteiger partial charge in [-0.25, -0.2) is 4.99 Å². The van der Waals surface area contributed by atoms with Gasteiger partial charge in [-0.15, -0.1) is 0 Å². The zero-order valence-electron chi connectivity index (χ0n) is 22.9. The highest BCUT2D eigenvalue weighted by Gasteiger charge is 2.37. The van der Waals surface area contributed by atoms with Gasteiger partial charge in [0.05, 0.1) is 24.4 Å². The van der Waals surface area contributed by atoms with Gasteiger partial charge in [0.15, 0.2) is 5.17 Å². The molecule has 206 valence electrons. The van der Waals surface area contributed by atoms with Gasteiger partial charge in [-0.2, -0.15) is 0 Å². The van der Waals surface area contributed by atoms with E-state index in [0.717, 1.165) is 46.0 Å². The SMILES string of the molecule is COc1ccc(NC(=O)C2=C(C)N=C3SCCCN3C2c2ccc(NC(=O)c3ccc4ccccc4c3)cc2)cc1. The number of methoxy groups -OCH3 is 1. The minimum Gasteiger partial charge on any atom is -0.497 e. The molecule has 4 aromatic rings. The van der Waals surface area contributed by atoms with Crippen molar-refractivity contribution in [3.05, 3.63) is 113 Å². The molecule has 1 unspecified atom stereocenters. The molecular formula is C33H30N4O3S. The topological polar surface area (TPSA) is 83.0 Å². The minimum atomic E-state index is -0.293. The molecule has 4 aromatic carbocycles. The van der Waals surface area contributed by atoms with Crippen LogP contribution in [0.15, 0.2) is 107 Å². The van der Waals surface area contributed by atoms with E-state index in [1.807, 2.05) is 97.9 Å². The first-order chi connectivity index (χ1) is 20.0.